The van der Waals surface area contributed by atoms with Crippen molar-refractivity contribution in [2.45, 2.75) is 32.9 Å². The average Bonchev–Trinajstić information content (AvgIpc) is 2.29. The van der Waals surface area contributed by atoms with Gasteiger partial charge in [0.2, 0.25) is 5.91 Å². The molecule has 0 bridgehead atoms. The molecular weight excluding hydrogens is 299 g/mol. The summed E-state index contributed by atoms with van der Waals surface area (Å²) in [6.45, 7) is 4.15. The van der Waals surface area contributed by atoms with Crippen molar-refractivity contribution in [3.8, 4) is 0 Å². The third-order valence-corrected chi connectivity index (χ3v) is 3.02. The lowest BCUT2D eigenvalue weighted by Gasteiger charge is -2.14. The van der Waals surface area contributed by atoms with Crippen LogP contribution in [0.3, 0.4) is 0 Å². The molecule has 0 aromatic heterocycles. The Morgan fingerprint density at radius 1 is 1.50 bits per heavy atom. The molecule has 3 nitrogen and oxygen atoms in total. The summed E-state index contributed by atoms with van der Waals surface area (Å²) in [5, 5.41) is 2.65. The SMILES string of the molecule is CC(C)CC(N)C(=O)NCc1cc(Br)ccc1F. The number of carbonyl (C=O) groups is 1. The van der Waals surface area contributed by atoms with Gasteiger partial charge in [-0.25, -0.2) is 4.39 Å². The summed E-state index contributed by atoms with van der Waals surface area (Å²) in [7, 11) is 0. The topological polar surface area (TPSA) is 55.1 Å². The average molecular weight is 317 g/mol. The summed E-state index contributed by atoms with van der Waals surface area (Å²) < 4.78 is 14.2. The molecule has 0 aliphatic rings. The highest BCUT2D eigenvalue weighted by Crippen LogP contribution is 2.15. The van der Waals surface area contributed by atoms with E-state index in [9.17, 15) is 9.18 Å². The molecule has 3 N–H and O–H groups in total. The Morgan fingerprint density at radius 2 is 2.17 bits per heavy atom. The fourth-order valence-corrected chi connectivity index (χ4v) is 2.02. The molecule has 1 amide bonds. The van der Waals surface area contributed by atoms with Crippen molar-refractivity contribution < 1.29 is 9.18 Å². The Kier molecular flexibility index (Phi) is 5.75. The van der Waals surface area contributed by atoms with Crippen LogP contribution in [-0.2, 0) is 11.3 Å². The van der Waals surface area contributed by atoms with Gasteiger partial charge in [-0.3, -0.25) is 4.79 Å². The van der Waals surface area contributed by atoms with Crippen molar-refractivity contribution in [1.29, 1.82) is 0 Å². The molecule has 18 heavy (non-hydrogen) atoms. The molecule has 1 rings (SSSR count). The minimum absolute atomic E-state index is 0.149. The van der Waals surface area contributed by atoms with Crippen molar-refractivity contribution in [2.24, 2.45) is 11.7 Å². The molecule has 0 aliphatic carbocycles. The van der Waals surface area contributed by atoms with Crippen LogP contribution in [-0.4, -0.2) is 11.9 Å². The molecule has 1 unspecified atom stereocenters. The molecule has 0 saturated heterocycles. The van der Waals surface area contributed by atoms with Crippen LogP contribution in [0.25, 0.3) is 0 Å². The summed E-state index contributed by atoms with van der Waals surface area (Å²) in [5.74, 6) is -0.229. The van der Waals surface area contributed by atoms with Crippen LogP contribution in [0.15, 0.2) is 22.7 Å². The van der Waals surface area contributed by atoms with E-state index in [0.29, 0.717) is 17.9 Å². The van der Waals surface area contributed by atoms with E-state index in [0.717, 1.165) is 4.47 Å². The number of rotatable bonds is 5. The molecule has 0 spiro atoms. The quantitative estimate of drug-likeness (QED) is 0.877. The first-order valence-electron chi connectivity index (χ1n) is 5.87. The van der Waals surface area contributed by atoms with Crippen molar-refractivity contribution in [3.05, 3.63) is 34.1 Å². The Morgan fingerprint density at radius 3 is 2.78 bits per heavy atom. The second-order valence-corrected chi connectivity index (χ2v) is 5.61. The van der Waals surface area contributed by atoms with Gasteiger partial charge in [-0.15, -0.1) is 0 Å². The lowest BCUT2D eigenvalue weighted by Crippen LogP contribution is -2.41. The summed E-state index contributed by atoms with van der Waals surface area (Å²) in [6, 6.07) is 4.08. The number of hydrogen-bond acceptors (Lipinski definition) is 2. The summed E-state index contributed by atoms with van der Waals surface area (Å²) in [6.07, 6.45) is 0.618. The monoisotopic (exact) mass is 316 g/mol. The van der Waals surface area contributed by atoms with Crippen LogP contribution in [0.4, 0.5) is 4.39 Å². The normalized spacial score (nSPS) is 12.6. The lowest BCUT2D eigenvalue weighted by atomic mass is 10.0. The van der Waals surface area contributed by atoms with Gasteiger partial charge in [0.05, 0.1) is 6.04 Å². The van der Waals surface area contributed by atoms with E-state index >= 15 is 0 Å². The van der Waals surface area contributed by atoms with Crippen LogP contribution >= 0.6 is 15.9 Å². The summed E-state index contributed by atoms with van der Waals surface area (Å²) >= 11 is 3.26. The van der Waals surface area contributed by atoms with Gasteiger partial charge in [0, 0.05) is 16.6 Å². The van der Waals surface area contributed by atoms with E-state index in [1.807, 2.05) is 13.8 Å². The second kappa shape index (κ2) is 6.85. The molecule has 0 radical (unpaired) electrons. The summed E-state index contributed by atoms with van der Waals surface area (Å²) in [4.78, 5) is 11.7. The Hall–Kier alpha value is -0.940. The molecule has 0 saturated carbocycles. The number of nitrogens with two attached hydrogens (primary N) is 1. The minimum atomic E-state index is -0.541. The molecule has 0 aliphatic heterocycles. The molecule has 100 valence electrons. The van der Waals surface area contributed by atoms with Gasteiger partial charge in [-0.2, -0.15) is 0 Å². The van der Waals surface area contributed by atoms with Crippen LogP contribution < -0.4 is 11.1 Å². The van der Waals surface area contributed by atoms with E-state index in [4.69, 9.17) is 5.73 Å². The predicted octanol–water partition coefficient (Wildman–Crippen LogP) is 2.58. The highest BCUT2D eigenvalue weighted by Gasteiger charge is 2.15. The molecule has 0 heterocycles. The van der Waals surface area contributed by atoms with Crippen LogP contribution in [0.1, 0.15) is 25.8 Å². The first-order valence-corrected chi connectivity index (χ1v) is 6.66. The van der Waals surface area contributed by atoms with E-state index in [1.165, 1.54) is 6.07 Å². The van der Waals surface area contributed by atoms with Gasteiger partial charge in [0.1, 0.15) is 5.82 Å². The largest absolute Gasteiger partial charge is 0.351 e. The number of carbonyl (C=O) groups excluding carboxylic acids is 1. The maximum absolute atomic E-state index is 13.4. The number of benzene rings is 1. The number of hydrogen-bond donors (Lipinski definition) is 2. The molecular formula is C13H18BrFN2O. The maximum Gasteiger partial charge on any atom is 0.237 e. The third-order valence-electron chi connectivity index (χ3n) is 2.52. The Labute approximate surface area is 115 Å². The Balaban J connectivity index is 2.54. The van der Waals surface area contributed by atoms with Gasteiger partial charge < -0.3 is 11.1 Å². The van der Waals surface area contributed by atoms with Gasteiger partial charge in [-0.05, 0) is 30.5 Å². The molecule has 5 heteroatoms. The fourth-order valence-electron chi connectivity index (χ4n) is 1.61. The van der Waals surface area contributed by atoms with Crippen molar-refractivity contribution >= 4 is 21.8 Å². The molecule has 1 atom stereocenters. The van der Waals surface area contributed by atoms with Crippen molar-refractivity contribution in [2.75, 3.05) is 0 Å². The number of amides is 1. The molecule has 0 fully saturated rings. The van der Waals surface area contributed by atoms with Crippen molar-refractivity contribution in [3.63, 3.8) is 0 Å². The van der Waals surface area contributed by atoms with Gasteiger partial charge in [0.25, 0.3) is 0 Å². The highest BCUT2D eigenvalue weighted by atomic mass is 79.9. The lowest BCUT2D eigenvalue weighted by molar-refractivity contribution is -0.122. The van der Waals surface area contributed by atoms with E-state index < -0.39 is 6.04 Å². The zero-order chi connectivity index (χ0) is 13.7. The van der Waals surface area contributed by atoms with Crippen LogP contribution in [0, 0.1) is 11.7 Å². The second-order valence-electron chi connectivity index (χ2n) is 4.69. The first kappa shape index (κ1) is 15.1. The van der Waals surface area contributed by atoms with Crippen molar-refractivity contribution in [1.82, 2.24) is 5.32 Å². The van der Waals surface area contributed by atoms with Gasteiger partial charge >= 0.3 is 0 Å². The Bertz CT molecular complexity index is 423. The predicted molar refractivity (Wildman–Crippen MR) is 73.4 cm³/mol. The fraction of sp³-hybridized carbons (Fsp3) is 0.462. The van der Waals surface area contributed by atoms with Gasteiger partial charge in [0.15, 0.2) is 0 Å². The van der Waals surface area contributed by atoms with E-state index in [1.54, 1.807) is 12.1 Å². The van der Waals surface area contributed by atoms with Crippen LogP contribution in [0.2, 0.25) is 0 Å². The van der Waals surface area contributed by atoms with Gasteiger partial charge in [-0.1, -0.05) is 29.8 Å². The van der Waals surface area contributed by atoms with E-state index in [2.05, 4.69) is 21.2 Å². The minimum Gasteiger partial charge on any atom is -0.351 e. The number of nitrogens with one attached hydrogen (secondary N) is 1. The number of halogens is 2. The first-order chi connectivity index (χ1) is 8.40. The highest BCUT2D eigenvalue weighted by molar-refractivity contribution is 9.10. The third kappa shape index (κ3) is 4.74. The zero-order valence-corrected chi connectivity index (χ0v) is 12.1. The van der Waals surface area contributed by atoms with E-state index in [-0.39, 0.29) is 18.3 Å². The zero-order valence-electron chi connectivity index (χ0n) is 10.5. The molecule has 1 aromatic rings. The summed E-state index contributed by atoms with van der Waals surface area (Å²) in [5.41, 5.74) is 6.17. The standard InChI is InChI=1S/C13H18BrFN2O/c1-8(2)5-12(16)13(18)17-7-9-6-10(14)3-4-11(9)15/h3-4,6,8,12H,5,7,16H2,1-2H3,(H,17,18). The van der Waals surface area contributed by atoms with Crippen LogP contribution in [0.5, 0.6) is 0 Å². The maximum atomic E-state index is 13.4. The smallest absolute Gasteiger partial charge is 0.237 e. The molecule has 1 aromatic carbocycles.